The molecular formula is C19H23NO3S. The molecule has 0 fully saturated rings. The molecule has 0 spiro atoms. The van der Waals surface area contributed by atoms with Crippen molar-refractivity contribution < 1.29 is 14.3 Å². The third-order valence-corrected chi connectivity index (χ3v) is 5.29. The summed E-state index contributed by atoms with van der Waals surface area (Å²) in [6, 6.07) is 9.87. The van der Waals surface area contributed by atoms with E-state index >= 15 is 0 Å². The van der Waals surface area contributed by atoms with Gasteiger partial charge in [-0.2, -0.15) is 0 Å². The molecule has 24 heavy (non-hydrogen) atoms. The van der Waals surface area contributed by atoms with E-state index in [2.05, 4.69) is 23.5 Å². The summed E-state index contributed by atoms with van der Waals surface area (Å²) in [4.78, 5) is 13.2. The summed E-state index contributed by atoms with van der Waals surface area (Å²) < 4.78 is 5.18. The molecule has 1 aromatic carbocycles. The summed E-state index contributed by atoms with van der Waals surface area (Å²) in [5, 5.41) is 13.0. The maximum Gasteiger partial charge on any atom is 0.230 e. The van der Waals surface area contributed by atoms with E-state index in [1.165, 1.54) is 30.2 Å². The lowest BCUT2D eigenvalue weighted by Crippen LogP contribution is -2.34. The molecule has 1 amide bonds. The van der Waals surface area contributed by atoms with Crippen LogP contribution < -0.4 is 5.32 Å². The molecule has 5 heteroatoms. The van der Waals surface area contributed by atoms with Crippen molar-refractivity contribution in [2.24, 2.45) is 0 Å². The van der Waals surface area contributed by atoms with Crippen LogP contribution in [-0.2, 0) is 17.6 Å². The summed E-state index contributed by atoms with van der Waals surface area (Å²) in [6.07, 6.45) is 4.84. The Bertz CT molecular complexity index is 684. The monoisotopic (exact) mass is 345 g/mol. The Balaban J connectivity index is 1.43. The molecule has 0 bridgehead atoms. The van der Waals surface area contributed by atoms with Gasteiger partial charge < -0.3 is 14.8 Å². The number of amides is 1. The van der Waals surface area contributed by atoms with Gasteiger partial charge in [-0.25, -0.2) is 0 Å². The first-order valence-corrected chi connectivity index (χ1v) is 9.36. The summed E-state index contributed by atoms with van der Waals surface area (Å²) in [6.45, 7) is 1.89. The maximum absolute atomic E-state index is 12.1. The first-order chi connectivity index (χ1) is 11.6. The fraction of sp³-hybridized carbons (Fsp3) is 0.421. The number of rotatable bonds is 7. The Morgan fingerprint density at radius 2 is 2.17 bits per heavy atom. The molecule has 1 aliphatic carbocycles. The number of aliphatic hydroxyl groups is 1. The Labute approximate surface area is 146 Å². The number of carbonyl (C=O) groups is 1. The van der Waals surface area contributed by atoms with Gasteiger partial charge in [0.15, 0.2) is 0 Å². The number of benzene rings is 1. The second kappa shape index (κ2) is 7.90. The lowest BCUT2D eigenvalue weighted by atomic mass is 10.1. The van der Waals surface area contributed by atoms with Gasteiger partial charge >= 0.3 is 0 Å². The van der Waals surface area contributed by atoms with E-state index in [1.807, 2.05) is 6.92 Å². The van der Waals surface area contributed by atoms with E-state index in [0.29, 0.717) is 17.9 Å². The van der Waals surface area contributed by atoms with Crippen LogP contribution in [0.3, 0.4) is 0 Å². The van der Waals surface area contributed by atoms with Gasteiger partial charge in [-0.1, -0.05) is 6.07 Å². The Kier molecular flexibility index (Phi) is 5.63. The molecule has 1 aliphatic rings. The lowest BCUT2D eigenvalue weighted by Gasteiger charge is -2.16. The Morgan fingerprint density at radius 3 is 2.96 bits per heavy atom. The molecule has 2 atom stereocenters. The smallest absolute Gasteiger partial charge is 0.230 e. The van der Waals surface area contributed by atoms with Crippen LogP contribution >= 0.6 is 11.8 Å². The van der Waals surface area contributed by atoms with Gasteiger partial charge in [0.25, 0.3) is 0 Å². The van der Waals surface area contributed by atoms with Gasteiger partial charge in [0.1, 0.15) is 11.9 Å². The molecule has 3 rings (SSSR count). The molecule has 2 N–H and O–H groups in total. The van der Waals surface area contributed by atoms with E-state index in [1.54, 1.807) is 23.9 Å². The molecule has 0 saturated heterocycles. The highest BCUT2D eigenvalue weighted by Gasteiger charge is 2.17. The predicted molar refractivity (Wildman–Crippen MR) is 95.1 cm³/mol. The van der Waals surface area contributed by atoms with Gasteiger partial charge in [0.2, 0.25) is 5.91 Å². The van der Waals surface area contributed by atoms with E-state index in [4.69, 9.17) is 4.42 Å². The zero-order valence-corrected chi connectivity index (χ0v) is 14.6. The molecule has 4 nitrogen and oxygen atoms in total. The van der Waals surface area contributed by atoms with Crippen LogP contribution in [0.5, 0.6) is 0 Å². The number of fused-ring (bicyclic) bond motifs is 1. The van der Waals surface area contributed by atoms with E-state index < -0.39 is 6.10 Å². The highest BCUT2D eigenvalue weighted by molar-refractivity contribution is 8.00. The molecule has 0 saturated carbocycles. The van der Waals surface area contributed by atoms with Gasteiger partial charge in [0.05, 0.1) is 12.0 Å². The third kappa shape index (κ3) is 4.42. The first kappa shape index (κ1) is 17.1. The number of aliphatic hydroxyl groups excluding tert-OH is 1. The van der Waals surface area contributed by atoms with E-state index in [-0.39, 0.29) is 11.9 Å². The third-order valence-electron chi connectivity index (χ3n) is 4.30. The molecule has 0 aliphatic heterocycles. The molecular weight excluding hydrogens is 322 g/mol. The largest absolute Gasteiger partial charge is 0.467 e. The number of furan rings is 1. The first-order valence-electron chi connectivity index (χ1n) is 8.37. The quantitative estimate of drug-likeness (QED) is 0.754. The van der Waals surface area contributed by atoms with Crippen molar-refractivity contribution in [1.29, 1.82) is 0 Å². The van der Waals surface area contributed by atoms with E-state index in [0.717, 1.165) is 11.3 Å². The van der Waals surface area contributed by atoms with Gasteiger partial charge in [0, 0.05) is 17.4 Å². The average Bonchev–Trinajstić information content (AvgIpc) is 3.23. The number of nitrogens with one attached hydrogen (secondary N) is 1. The minimum Gasteiger partial charge on any atom is -0.467 e. The lowest BCUT2D eigenvalue weighted by molar-refractivity contribution is -0.119. The molecule has 2 aromatic rings. The molecule has 1 aromatic heterocycles. The normalized spacial score (nSPS) is 15.8. The minimum atomic E-state index is -0.695. The van der Waals surface area contributed by atoms with Crippen LogP contribution in [0.4, 0.5) is 0 Å². The van der Waals surface area contributed by atoms with Crippen LogP contribution in [0, 0.1) is 0 Å². The highest BCUT2D eigenvalue weighted by atomic mass is 32.2. The van der Waals surface area contributed by atoms with Crippen LogP contribution in [0.2, 0.25) is 0 Å². The molecule has 128 valence electrons. The number of thioether (sulfide) groups is 1. The van der Waals surface area contributed by atoms with Crippen LogP contribution in [0.25, 0.3) is 0 Å². The maximum atomic E-state index is 12.1. The Morgan fingerprint density at radius 1 is 1.33 bits per heavy atom. The predicted octanol–water partition coefficient (Wildman–Crippen LogP) is 3.49. The van der Waals surface area contributed by atoms with Crippen molar-refractivity contribution in [3.8, 4) is 0 Å². The second-order valence-corrected chi connectivity index (χ2v) is 7.36. The fourth-order valence-electron chi connectivity index (χ4n) is 3.09. The van der Waals surface area contributed by atoms with Crippen molar-refractivity contribution in [2.75, 3.05) is 5.75 Å². The topological polar surface area (TPSA) is 62.5 Å². The Hall–Kier alpha value is -1.72. The summed E-state index contributed by atoms with van der Waals surface area (Å²) in [5.41, 5.74) is 2.87. The zero-order chi connectivity index (χ0) is 16.9. The molecule has 2 unspecified atom stereocenters. The fourth-order valence-corrected chi connectivity index (χ4v) is 3.87. The van der Waals surface area contributed by atoms with Crippen molar-refractivity contribution in [3.63, 3.8) is 0 Å². The molecule has 1 heterocycles. The number of hydrogen-bond donors (Lipinski definition) is 2. The van der Waals surface area contributed by atoms with Gasteiger partial charge in [-0.3, -0.25) is 4.79 Å². The second-order valence-electron chi connectivity index (χ2n) is 6.31. The van der Waals surface area contributed by atoms with Crippen LogP contribution in [0.1, 0.15) is 42.8 Å². The average molecular weight is 345 g/mol. The minimum absolute atomic E-state index is 0.0142. The summed E-state index contributed by atoms with van der Waals surface area (Å²) >= 11 is 1.56. The van der Waals surface area contributed by atoms with Crippen LogP contribution in [-0.4, -0.2) is 22.8 Å². The van der Waals surface area contributed by atoms with Crippen molar-refractivity contribution in [2.45, 2.75) is 49.6 Å². The van der Waals surface area contributed by atoms with Crippen molar-refractivity contribution in [1.82, 2.24) is 5.32 Å². The van der Waals surface area contributed by atoms with E-state index in [9.17, 15) is 9.90 Å². The number of hydrogen-bond acceptors (Lipinski definition) is 4. The van der Waals surface area contributed by atoms with Gasteiger partial charge in [-0.05, 0) is 61.6 Å². The van der Waals surface area contributed by atoms with Crippen LogP contribution in [0.15, 0.2) is 45.9 Å². The van der Waals surface area contributed by atoms with Gasteiger partial charge in [-0.15, -0.1) is 11.8 Å². The SMILES string of the molecule is CC(CC(O)c1ccco1)NC(=O)CSc1ccc2c(c1)CCC2. The number of carbonyl (C=O) groups excluding carboxylic acids is 1. The van der Waals surface area contributed by atoms with Crippen molar-refractivity contribution >= 4 is 17.7 Å². The number of aryl methyl sites for hydroxylation is 2. The molecule has 0 radical (unpaired) electrons. The zero-order valence-electron chi connectivity index (χ0n) is 13.8. The van der Waals surface area contributed by atoms with Crippen molar-refractivity contribution in [3.05, 3.63) is 53.5 Å². The highest BCUT2D eigenvalue weighted by Crippen LogP contribution is 2.27. The standard InChI is InChI=1S/C19H23NO3S/c1-13(10-17(21)18-6-3-9-23-18)20-19(22)12-24-16-8-7-14-4-2-5-15(14)11-16/h3,6-9,11,13,17,21H,2,4-5,10,12H2,1H3,(H,20,22). The summed E-state index contributed by atoms with van der Waals surface area (Å²) in [5.74, 6) is 0.906. The summed E-state index contributed by atoms with van der Waals surface area (Å²) in [7, 11) is 0.